The van der Waals surface area contributed by atoms with E-state index in [9.17, 15) is 15.0 Å². The Morgan fingerprint density at radius 1 is 1.33 bits per heavy atom. The normalized spacial score (nSPS) is 14.0. The molecule has 2 rings (SSSR count). The monoisotopic (exact) mass is 332 g/mol. The van der Waals surface area contributed by atoms with Crippen molar-refractivity contribution in [3.05, 3.63) is 52.4 Å². The lowest BCUT2D eigenvalue weighted by atomic mass is 9.96. The van der Waals surface area contributed by atoms with E-state index in [1.165, 1.54) is 6.07 Å². The topological polar surface area (TPSA) is 79.9 Å². The zero-order chi connectivity index (χ0) is 17.7. The van der Waals surface area contributed by atoms with Gasteiger partial charge in [0.15, 0.2) is 0 Å². The highest BCUT2D eigenvalue weighted by Crippen LogP contribution is 2.20. The van der Waals surface area contributed by atoms with Crippen LogP contribution in [0.4, 0.5) is 0 Å². The quantitative estimate of drug-likeness (QED) is 0.602. The van der Waals surface area contributed by atoms with E-state index in [-0.39, 0.29) is 5.63 Å². The number of aliphatic hydroxyl groups is 2. The molecule has 0 amide bonds. The van der Waals surface area contributed by atoms with E-state index in [0.29, 0.717) is 30.8 Å². The summed E-state index contributed by atoms with van der Waals surface area (Å²) < 4.78 is 10.8. The number of aliphatic hydroxyl groups excluding tert-OH is 1. The van der Waals surface area contributed by atoms with Gasteiger partial charge in [0.05, 0.1) is 11.7 Å². The molecule has 0 aliphatic rings. The number of allylic oxidation sites excluding steroid dienone is 1. The van der Waals surface area contributed by atoms with Gasteiger partial charge >= 0.3 is 5.63 Å². The molecule has 0 saturated carbocycles. The third-order valence-corrected chi connectivity index (χ3v) is 3.90. The Morgan fingerprint density at radius 3 is 2.75 bits per heavy atom. The van der Waals surface area contributed by atoms with Crippen molar-refractivity contribution in [2.24, 2.45) is 0 Å². The number of ether oxygens (including phenoxy) is 1. The number of hydrogen-bond donors (Lipinski definition) is 2. The zero-order valence-electron chi connectivity index (χ0n) is 14.3. The standard InChI is InChI=1S/C19H24O5/c1-13(4-8-17(20)19(2,3)22)10-11-23-15-7-5-14-6-9-18(21)24-16(14)12-15/h5-7,9-10,12,17,20,22H,4,8,11H2,1-3H3/b13-10+/t17-/m0/s1. The summed E-state index contributed by atoms with van der Waals surface area (Å²) in [4.78, 5) is 11.2. The second-order valence-corrected chi connectivity index (χ2v) is 6.52. The first kappa shape index (κ1) is 18.2. The van der Waals surface area contributed by atoms with Crippen molar-refractivity contribution < 1.29 is 19.4 Å². The first-order chi connectivity index (χ1) is 11.3. The number of fused-ring (bicyclic) bond motifs is 1. The van der Waals surface area contributed by atoms with Gasteiger partial charge in [-0.05, 0) is 57.9 Å². The summed E-state index contributed by atoms with van der Waals surface area (Å²) >= 11 is 0. The predicted molar refractivity (Wildman–Crippen MR) is 93.3 cm³/mol. The van der Waals surface area contributed by atoms with Gasteiger partial charge < -0.3 is 19.4 Å². The van der Waals surface area contributed by atoms with Gasteiger partial charge in [-0.2, -0.15) is 0 Å². The van der Waals surface area contributed by atoms with E-state index >= 15 is 0 Å². The van der Waals surface area contributed by atoms with Crippen molar-refractivity contribution in [2.75, 3.05) is 6.61 Å². The average Bonchev–Trinajstić information content (AvgIpc) is 2.51. The highest BCUT2D eigenvalue weighted by Gasteiger charge is 2.23. The molecule has 1 atom stereocenters. The molecule has 1 aromatic heterocycles. The Bertz CT molecular complexity index is 767. The molecule has 1 heterocycles. The molecule has 0 unspecified atom stereocenters. The van der Waals surface area contributed by atoms with E-state index in [1.54, 1.807) is 26.0 Å². The third-order valence-electron chi connectivity index (χ3n) is 3.90. The summed E-state index contributed by atoms with van der Waals surface area (Å²) in [6.07, 6.45) is 2.35. The lowest BCUT2D eigenvalue weighted by molar-refractivity contribution is -0.0509. The van der Waals surface area contributed by atoms with Crippen LogP contribution in [0.15, 0.2) is 51.2 Å². The summed E-state index contributed by atoms with van der Waals surface area (Å²) in [6, 6.07) is 8.45. The molecule has 2 N–H and O–H groups in total. The molecule has 5 nitrogen and oxygen atoms in total. The molecule has 24 heavy (non-hydrogen) atoms. The molecule has 130 valence electrons. The molecular weight excluding hydrogens is 308 g/mol. The Kier molecular flexibility index (Phi) is 5.80. The van der Waals surface area contributed by atoms with Gasteiger partial charge in [-0.25, -0.2) is 4.79 Å². The highest BCUT2D eigenvalue weighted by molar-refractivity contribution is 5.77. The minimum atomic E-state index is -1.09. The highest BCUT2D eigenvalue weighted by atomic mass is 16.5. The Labute approximate surface area is 141 Å². The second kappa shape index (κ2) is 7.64. The Morgan fingerprint density at radius 2 is 2.04 bits per heavy atom. The fraction of sp³-hybridized carbons (Fsp3) is 0.421. The van der Waals surface area contributed by atoms with Crippen molar-refractivity contribution in [3.8, 4) is 5.75 Å². The molecule has 0 saturated heterocycles. The summed E-state index contributed by atoms with van der Waals surface area (Å²) in [7, 11) is 0. The Balaban J connectivity index is 1.90. The summed E-state index contributed by atoms with van der Waals surface area (Å²) in [5.74, 6) is 0.623. The molecule has 0 fully saturated rings. The van der Waals surface area contributed by atoms with Gasteiger partial charge in [0.2, 0.25) is 0 Å². The fourth-order valence-corrected chi connectivity index (χ4v) is 2.23. The van der Waals surface area contributed by atoms with Crippen LogP contribution in [0.1, 0.15) is 33.6 Å². The van der Waals surface area contributed by atoms with Crippen LogP contribution in [0.5, 0.6) is 5.75 Å². The molecule has 2 aromatic rings. The molecule has 1 aromatic carbocycles. The van der Waals surface area contributed by atoms with Crippen molar-refractivity contribution in [1.82, 2.24) is 0 Å². The van der Waals surface area contributed by atoms with E-state index in [4.69, 9.17) is 9.15 Å². The molecular formula is C19H24O5. The average molecular weight is 332 g/mol. The number of rotatable bonds is 7. The number of hydrogen-bond acceptors (Lipinski definition) is 5. The molecule has 0 radical (unpaired) electrons. The van der Waals surface area contributed by atoms with Crippen molar-refractivity contribution in [3.63, 3.8) is 0 Å². The van der Waals surface area contributed by atoms with Crippen LogP contribution in [0.2, 0.25) is 0 Å². The van der Waals surface area contributed by atoms with Crippen LogP contribution in [0.3, 0.4) is 0 Å². The van der Waals surface area contributed by atoms with Gasteiger partial charge in [-0.1, -0.05) is 5.57 Å². The van der Waals surface area contributed by atoms with E-state index < -0.39 is 11.7 Å². The van der Waals surface area contributed by atoms with Crippen LogP contribution < -0.4 is 10.4 Å². The van der Waals surface area contributed by atoms with Crippen LogP contribution in [0.25, 0.3) is 11.0 Å². The van der Waals surface area contributed by atoms with Gasteiger partial charge in [0, 0.05) is 17.5 Å². The maximum atomic E-state index is 11.2. The summed E-state index contributed by atoms with van der Waals surface area (Å²) in [5, 5.41) is 20.4. The predicted octanol–water partition coefficient (Wildman–Crippen LogP) is 3.03. The minimum Gasteiger partial charge on any atom is -0.489 e. The first-order valence-corrected chi connectivity index (χ1v) is 7.98. The van der Waals surface area contributed by atoms with E-state index in [1.807, 2.05) is 25.1 Å². The Hall–Kier alpha value is -2.11. The molecule has 0 bridgehead atoms. The molecule has 0 aliphatic carbocycles. The van der Waals surface area contributed by atoms with Crippen molar-refractivity contribution in [2.45, 2.75) is 45.3 Å². The maximum absolute atomic E-state index is 11.2. The van der Waals surface area contributed by atoms with Gasteiger partial charge in [-0.3, -0.25) is 0 Å². The zero-order valence-corrected chi connectivity index (χ0v) is 14.3. The number of benzene rings is 1. The first-order valence-electron chi connectivity index (χ1n) is 7.98. The summed E-state index contributed by atoms with van der Waals surface area (Å²) in [5.41, 5.74) is 0.0894. The van der Waals surface area contributed by atoms with Crippen LogP contribution in [-0.4, -0.2) is 28.5 Å². The SMILES string of the molecule is C/C(=C\COc1ccc2ccc(=O)oc2c1)CC[C@H](O)C(C)(C)O. The lowest BCUT2D eigenvalue weighted by Crippen LogP contribution is -2.35. The summed E-state index contributed by atoms with van der Waals surface area (Å²) in [6.45, 7) is 5.53. The van der Waals surface area contributed by atoms with E-state index in [0.717, 1.165) is 11.0 Å². The minimum absolute atomic E-state index is 0.382. The molecule has 5 heteroatoms. The smallest absolute Gasteiger partial charge is 0.336 e. The lowest BCUT2D eigenvalue weighted by Gasteiger charge is -2.24. The third kappa shape index (κ3) is 5.22. The second-order valence-electron chi connectivity index (χ2n) is 6.52. The van der Waals surface area contributed by atoms with Crippen molar-refractivity contribution >= 4 is 11.0 Å². The van der Waals surface area contributed by atoms with Gasteiger partial charge in [0.25, 0.3) is 0 Å². The van der Waals surface area contributed by atoms with Crippen LogP contribution in [-0.2, 0) is 0 Å². The van der Waals surface area contributed by atoms with Crippen LogP contribution >= 0.6 is 0 Å². The largest absolute Gasteiger partial charge is 0.489 e. The fourth-order valence-electron chi connectivity index (χ4n) is 2.23. The molecule has 0 spiro atoms. The maximum Gasteiger partial charge on any atom is 0.336 e. The van der Waals surface area contributed by atoms with Gasteiger partial charge in [0.1, 0.15) is 17.9 Å². The van der Waals surface area contributed by atoms with Gasteiger partial charge in [-0.15, -0.1) is 0 Å². The van der Waals surface area contributed by atoms with Crippen molar-refractivity contribution in [1.29, 1.82) is 0 Å². The molecule has 0 aliphatic heterocycles. The van der Waals surface area contributed by atoms with E-state index in [2.05, 4.69) is 0 Å². The van der Waals surface area contributed by atoms with Crippen LogP contribution in [0, 0.1) is 0 Å².